The lowest BCUT2D eigenvalue weighted by Crippen LogP contribution is -2.38. The number of hydrogen-bond acceptors (Lipinski definition) is 2. The van der Waals surface area contributed by atoms with Crippen molar-refractivity contribution in [1.82, 2.24) is 15.6 Å². The summed E-state index contributed by atoms with van der Waals surface area (Å²) in [5, 5.41) is 6.92. The van der Waals surface area contributed by atoms with Crippen LogP contribution in [0.5, 0.6) is 5.75 Å². The Kier molecular flexibility index (Phi) is 5.79. The van der Waals surface area contributed by atoms with Crippen LogP contribution in [0.2, 0.25) is 0 Å². The fourth-order valence-corrected chi connectivity index (χ4v) is 3.06. The molecule has 3 aromatic rings. The van der Waals surface area contributed by atoms with Gasteiger partial charge in [0, 0.05) is 23.6 Å². The van der Waals surface area contributed by atoms with Crippen LogP contribution in [-0.4, -0.2) is 30.7 Å². The second-order valence-electron chi connectivity index (χ2n) is 6.36. The number of aromatic nitrogens is 1. The lowest BCUT2D eigenvalue weighted by Gasteiger charge is -2.12. The smallest absolute Gasteiger partial charge is 0.314 e. The number of nitrogens with one attached hydrogen (secondary N) is 3. The van der Waals surface area contributed by atoms with Gasteiger partial charge in [0.2, 0.25) is 0 Å². The van der Waals surface area contributed by atoms with Gasteiger partial charge >= 0.3 is 6.03 Å². The minimum Gasteiger partial charge on any atom is -0.491 e. The van der Waals surface area contributed by atoms with E-state index in [1.165, 1.54) is 10.9 Å². The largest absolute Gasteiger partial charge is 0.491 e. The zero-order valence-electron chi connectivity index (χ0n) is 15.3. The summed E-state index contributed by atoms with van der Waals surface area (Å²) in [6.45, 7) is 5.54. The third-order valence-corrected chi connectivity index (χ3v) is 4.40. The van der Waals surface area contributed by atoms with Crippen LogP contribution in [0.3, 0.4) is 0 Å². The molecule has 1 aromatic heterocycles. The summed E-state index contributed by atoms with van der Waals surface area (Å²) >= 11 is 0. The van der Waals surface area contributed by atoms with Crippen molar-refractivity contribution < 1.29 is 9.53 Å². The Balaban J connectivity index is 1.37. The first-order chi connectivity index (χ1) is 12.6. The molecule has 0 bridgehead atoms. The van der Waals surface area contributed by atoms with Crippen LogP contribution in [0.25, 0.3) is 10.9 Å². The fraction of sp³-hybridized carbons (Fsp3) is 0.286. The van der Waals surface area contributed by atoms with Gasteiger partial charge in [-0.25, -0.2) is 4.79 Å². The number of fused-ring (bicyclic) bond motifs is 1. The number of H-pyrrole nitrogens is 1. The van der Waals surface area contributed by atoms with Crippen molar-refractivity contribution in [3.8, 4) is 5.75 Å². The number of benzene rings is 2. The predicted molar refractivity (Wildman–Crippen MR) is 105 cm³/mol. The molecule has 0 saturated carbocycles. The van der Waals surface area contributed by atoms with Gasteiger partial charge in [-0.15, -0.1) is 0 Å². The molecule has 136 valence electrons. The van der Waals surface area contributed by atoms with Crippen LogP contribution >= 0.6 is 0 Å². The molecule has 26 heavy (non-hydrogen) atoms. The van der Waals surface area contributed by atoms with Gasteiger partial charge in [0.1, 0.15) is 12.4 Å². The minimum atomic E-state index is -0.171. The van der Waals surface area contributed by atoms with Crippen molar-refractivity contribution in [2.45, 2.75) is 20.3 Å². The number of aromatic amines is 1. The van der Waals surface area contributed by atoms with Crippen LogP contribution in [-0.2, 0) is 6.42 Å². The van der Waals surface area contributed by atoms with Gasteiger partial charge in [0.05, 0.1) is 6.54 Å². The molecule has 0 radical (unpaired) electrons. The number of para-hydroxylation sites is 2. The summed E-state index contributed by atoms with van der Waals surface area (Å²) < 4.78 is 5.78. The molecule has 0 saturated heterocycles. The van der Waals surface area contributed by atoms with Crippen LogP contribution in [0.4, 0.5) is 4.79 Å². The number of hydrogen-bond donors (Lipinski definition) is 3. The molecule has 0 atom stereocenters. The molecule has 1 heterocycles. The molecule has 0 fully saturated rings. The lowest BCUT2D eigenvalue weighted by atomic mass is 10.1. The monoisotopic (exact) mass is 351 g/mol. The lowest BCUT2D eigenvalue weighted by molar-refractivity contribution is 0.236. The highest BCUT2D eigenvalue weighted by atomic mass is 16.5. The van der Waals surface area contributed by atoms with Crippen molar-refractivity contribution in [1.29, 1.82) is 0 Å². The Morgan fingerprint density at radius 1 is 1.00 bits per heavy atom. The number of aryl methyl sites for hydroxylation is 2. The highest BCUT2D eigenvalue weighted by Gasteiger charge is 2.05. The molecule has 2 amide bonds. The van der Waals surface area contributed by atoms with Gasteiger partial charge in [-0.1, -0.05) is 36.4 Å². The van der Waals surface area contributed by atoms with Crippen molar-refractivity contribution in [3.05, 3.63) is 65.4 Å². The standard InChI is InChI=1S/C21H25N3O2/c1-15-6-5-7-16(2)20(15)26-13-12-23-21(25)22-11-10-17-14-24-19-9-4-3-8-18(17)19/h3-9,14,24H,10-13H2,1-2H3,(H2,22,23,25). The van der Waals surface area contributed by atoms with E-state index in [-0.39, 0.29) is 6.03 Å². The minimum absolute atomic E-state index is 0.171. The van der Waals surface area contributed by atoms with E-state index in [2.05, 4.69) is 27.8 Å². The quantitative estimate of drug-likeness (QED) is 0.568. The highest BCUT2D eigenvalue weighted by Crippen LogP contribution is 2.22. The van der Waals surface area contributed by atoms with Gasteiger partial charge in [-0.05, 0) is 43.0 Å². The van der Waals surface area contributed by atoms with E-state index >= 15 is 0 Å². The summed E-state index contributed by atoms with van der Waals surface area (Å²) in [5.74, 6) is 0.897. The molecule has 2 aromatic carbocycles. The molecule has 0 spiro atoms. The van der Waals surface area contributed by atoms with Crippen molar-refractivity contribution in [2.75, 3.05) is 19.7 Å². The average molecular weight is 351 g/mol. The Morgan fingerprint density at radius 2 is 1.73 bits per heavy atom. The number of amides is 2. The van der Waals surface area contributed by atoms with Crippen LogP contribution in [0.15, 0.2) is 48.7 Å². The van der Waals surface area contributed by atoms with E-state index in [4.69, 9.17) is 4.74 Å². The zero-order chi connectivity index (χ0) is 18.4. The Morgan fingerprint density at radius 3 is 2.54 bits per heavy atom. The van der Waals surface area contributed by atoms with Crippen LogP contribution in [0, 0.1) is 13.8 Å². The average Bonchev–Trinajstić information content (AvgIpc) is 3.04. The molecule has 0 unspecified atom stereocenters. The third-order valence-electron chi connectivity index (χ3n) is 4.40. The van der Waals surface area contributed by atoms with E-state index in [1.807, 2.05) is 50.4 Å². The third kappa shape index (κ3) is 4.36. The van der Waals surface area contributed by atoms with Gasteiger partial charge in [0.25, 0.3) is 0 Å². The fourth-order valence-electron chi connectivity index (χ4n) is 3.06. The molecule has 3 N–H and O–H groups in total. The number of carbonyl (C=O) groups is 1. The number of rotatable bonds is 7. The topological polar surface area (TPSA) is 66.2 Å². The van der Waals surface area contributed by atoms with Gasteiger partial charge in [0.15, 0.2) is 0 Å². The number of urea groups is 1. The maximum atomic E-state index is 11.9. The number of carbonyl (C=O) groups excluding carboxylic acids is 1. The van der Waals surface area contributed by atoms with E-state index < -0.39 is 0 Å². The molecule has 0 aliphatic rings. The van der Waals surface area contributed by atoms with E-state index in [0.717, 1.165) is 28.8 Å². The highest BCUT2D eigenvalue weighted by molar-refractivity contribution is 5.83. The zero-order valence-corrected chi connectivity index (χ0v) is 15.3. The summed E-state index contributed by atoms with van der Waals surface area (Å²) in [6.07, 6.45) is 2.79. The summed E-state index contributed by atoms with van der Waals surface area (Å²) in [6, 6.07) is 14.1. The second kappa shape index (κ2) is 8.43. The molecule has 0 aliphatic carbocycles. The SMILES string of the molecule is Cc1cccc(C)c1OCCNC(=O)NCCc1c[nH]c2ccccc12. The van der Waals surface area contributed by atoms with Crippen molar-refractivity contribution in [2.24, 2.45) is 0 Å². The van der Waals surface area contributed by atoms with Gasteiger partial charge in [-0.3, -0.25) is 0 Å². The maximum absolute atomic E-state index is 11.9. The van der Waals surface area contributed by atoms with Gasteiger partial charge < -0.3 is 20.4 Å². The number of ether oxygens (including phenoxy) is 1. The van der Waals surface area contributed by atoms with Crippen molar-refractivity contribution >= 4 is 16.9 Å². The molecular formula is C21H25N3O2. The predicted octanol–water partition coefficient (Wildman–Crippen LogP) is 3.71. The van der Waals surface area contributed by atoms with E-state index in [0.29, 0.717) is 19.7 Å². The Bertz CT molecular complexity index is 866. The summed E-state index contributed by atoms with van der Waals surface area (Å²) in [4.78, 5) is 15.1. The summed E-state index contributed by atoms with van der Waals surface area (Å²) in [7, 11) is 0. The Hall–Kier alpha value is -2.95. The Labute approximate surface area is 153 Å². The molecule has 0 aliphatic heterocycles. The van der Waals surface area contributed by atoms with Gasteiger partial charge in [-0.2, -0.15) is 0 Å². The first-order valence-corrected chi connectivity index (χ1v) is 8.91. The molecular weight excluding hydrogens is 326 g/mol. The first kappa shape index (κ1) is 17.9. The molecule has 5 nitrogen and oxygen atoms in total. The molecule has 5 heteroatoms. The van der Waals surface area contributed by atoms with Crippen molar-refractivity contribution in [3.63, 3.8) is 0 Å². The van der Waals surface area contributed by atoms with Crippen LogP contribution < -0.4 is 15.4 Å². The maximum Gasteiger partial charge on any atom is 0.314 e. The molecule has 3 rings (SSSR count). The van der Waals surface area contributed by atoms with Crippen LogP contribution in [0.1, 0.15) is 16.7 Å². The van der Waals surface area contributed by atoms with E-state index in [1.54, 1.807) is 0 Å². The second-order valence-corrected chi connectivity index (χ2v) is 6.36. The van der Waals surface area contributed by atoms with E-state index in [9.17, 15) is 4.79 Å². The first-order valence-electron chi connectivity index (χ1n) is 8.91. The summed E-state index contributed by atoms with van der Waals surface area (Å²) in [5.41, 5.74) is 4.54. The normalized spacial score (nSPS) is 10.7.